The molecule has 182 valence electrons. The van der Waals surface area contributed by atoms with Gasteiger partial charge in [0, 0.05) is 17.1 Å². The second-order valence-electron chi connectivity index (χ2n) is 8.74. The van der Waals surface area contributed by atoms with E-state index in [0.29, 0.717) is 0 Å². The van der Waals surface area contributed by atoms with Crippen LogP contribution < -0.4 is 9.64 Å². The molecule has 5 aromatic carbocycles. The first kappa shape index (κ1) is 24.1. The Morgan fingerprint density at radius 1 is 0.622 bits per heavy atom. The molecule has 0 unspecified atom stereocenters. The normalized spacial score (nSPS) is 10.5. The van der Waals surface area contributed by atoms with Crippen LogP contribution in [0, 0.1) is 0 Å². The molecule has 0 aromatic heterocycles. The van der Waals surface area contributed by atoms with Crippen molar-refractivity contribution in [2.75, 3.05) is 12.0 Å². The number of benzene rings is 5. The van der Waals surface area contributed by atoms with Crippen molar-refractivity contribution >= 4 is 28.7 Å². The summed E-state index contributed by atoms with van der Waals surface area (Å²) in [7, 11) is 1.67. The summed E-state index contributed by atoms with van der Waals surface area (Å²) in [5.74, 6) is 0.814. The first-order valence-corrected chi connectivity index (χ1v) is 12.3. The summed E-state index contributed by atoms with van der Waals surface area (Å²) >= 11 is 0. The standard InChI is InChI=1S/C34H29NO2/c1-37-33-22-20-32(21-23-33)35(31-18-14-27(25-36)15-19-31)30-16-12-26(13-17-30)24-34(28-8-4-2-5-9-28)29-10-6-3-7-11-29/h2-24,36H,25H2,1H3. The number of aliphatic hydroxyl groups is 1. The molecule has 37 heavy (non-hydrogen) atoms. The van der Waals surface area contributed by atoms with Gasteiger partial charge < -0.3 is 14.7 Å². The SMILES string of the molecule is COc1ccc(N(c2ccc(C=C(c3ccccc3)c3ccccc3)cc2)c2ccc(CO)cc2)cc1. The maximum Gasteiger partial charge on any atom is 0.119 e. The van der Waals surface area contributed by atoms with Gasteiger partial charge >= 0.3 is 0 Å². The average Bonchev–Trinajstić information content (AvgIpc) is 2.98. The first-order chi connectivity index (χ1) is 18.2. The highest BCUT2D eigenvalue weighted by molar-refractivity contribution is 5.91. The quantitative estimate of drug-likeness (QED) is 0.226. The Kier molecular flexibility index (Phi) is 7.44. The molecule has 0 aliphatic carbocycles. The largest absolute Gasteiger partial charge is 0.497 e. The zero-order chi connectivity index (χ0) is 25.5. The lowest BCUT2D eigenvalue weighted by molar-refractivity contribution is 0.282. The van der Waals surface area contributed by atoms with Gasteiger partial charge in [-0.1, -0.05) is 84.9 Å². The number of anilines is 3. The van der Waals surface area contributed by atoms with Crippen LogP contribution in [0.25, 0.3) is 11.6 Å². The number of ether oxygens (including phenoxy) is 1. The summed E-state index contributed by atoms with van der Waals surface area (Å²) in [6.07, 6.45) is 2.24. The van der Waals surface area contributed by atoms with Crippen molar-refractivity contribution in [3.05, 3.63) is 156 Å². The smallest absolute Gasteiger partial charge is 0.119 e. The number of hydrogen-bond acceptors (Lipinski definition) is 3. The van der Waals surface area contributed by atoms with Crippen molar-refractivity contribution in [1.29, 1.82) is 0 Å². The van der Waals surface area contributed by atoms with Crippen LogP contribution >= 0.6 is 0 Å². The zero-order valence-electron chi connectivity index (χ0n) is 20.8. The van der Waals surface area contributed by atoms with Crippen LogP contribution in [-0.4, -0.2) is 12.2 Å². The third-order valence-electron chi connectivity index (χ3n) is 6.34. The van der Waals surface area contributed by atoms with E-state index >= 15 is 0 Å². The Morgan fingerprint density at radius 2 is 1.08 bits per heavy atom. The Morgan fingerprint density at radius 3 is 1.54 bits per heavy atom. The number of nitrogens with zero attached hydrogens (tertiary/aromatic N) is 1. The fourth-order valence-electron chi connectivity index (χ4n) is 4.38. The molecule has 5 aromatic rings. The molecule has 0 heterocycles. The van der Waals surface area contributed by atoms with E-state index in [1.165, 1.54) is 16.7 Å². The van der Waals surface area contributed by atoms with Gasteiger partial charge in [-0.25, -0.2) is 0 Å². The van der Waals surface area contributed by atoms with Crippen molar-refractivity contribution in [1.82, 2.24) is 0 Å². The predicted molar refractivity (Wildman–Crippen MR) is 153 cm³/mol. The Bertz CT molecular complexity index is 1350. The predicted octanol–water partition coefficient (Wildman–Crippen LogP) is 8.25. The molecule has 0 aliphatic rings. The highest BCUT2D eigenvalue weighted by atomic mass is 16.5. The summed E-state index contributed by atoms with van der Waals surface area (Å²) in [6, 6.07) is 45.6. The molecule has 0 saturated heterocycles. The van der Waals surface area contributed by atoms with Crippen molar-refractivity contribution in [2.24, 2.45) is 0 Å². The van der Waals surface area contributed by atoms with E-state index in [2.05, 4.69) is 95.9 Å². The van der Waals surface area contributed by atoms with Gasteiger partial charge in [0.1, 0.15) is 5.75 Å². The Labute approximate surface area is 218 Å². The van der Waals surface area contributed by atoms with Gasteiger partial charge in [0.2, 0.25) is 0 Å². The van der Waals surface area contributed by atoms with E-state index < -0.39 is 0 Å². The minimum absolute atomic E-state index is 0.0228. The van der Waals surface area contributed by atoms with Crippen LogP contribution in [0.4, 0.5) is 17.1 Å². The summed E-state index contributed by atoms with van der Waals surface area (Å²) in [4.78, 5) is 2.20. The Hall–Kier alpha value is -4.60. The van der Waals surface area contributed by atoms with Crippen LogP contribution in [0.2, 0.25) is 0 Å². The lowest BCUT2D eigenvalue weighted by Gasteiger charge is -2.26. The average molecular weight is 484 g/mol. The summed E-state index contributed by atoms with van der Waals surface area (Å²) in [5, 5.41) is 9.49. The van der Waals surface area contributed by atoms with E-state index in [1.807, 2.05) is 48.5 Å². The summed E-state index contributed by atoms with van der Waals surface area (Å²) in [6.45, 7) is 0.0228. The zero-order valence-corrected chi connectivity index (χ0v) is 20.8. The minimum Gasteiger partial charge on any atom is -0.497 e. The van der Waals surface area contributed by atoms with Gasteiger partial charge in [0.25, 0.3) is 0 Å². The fraction of sp³-hybridized carbons (Fsp3) is 0.0588. The number of methoxy groups -OCH3 is 1. The highest BCUT2D eigenvalue weighted by Crippen LogP contribution is 2.36. The van der Waals surface area contributed by atoms with E-state index in [4.69, 9.17) is 4.74 Å². The first-order valence-electron chi connectivity index (χ1n) is 12.3. The van der Waals surface area contributed by atoms with Gasteiger partial charge in [-0.15, -0.1) is 0 Å². The molecule has 0 amide bonds. The second kappa shape index (κ2) is 11.4. The fourth-order valence-corrected chi connectivity index (χ4v) is 4.38. The topological polar surface area (TPSA) is 32.7 Å². The summed E-state index contributed by atoms with van der Waals surface area (Å²) < 4.78 is 5.36. The molecule has 3 nitrogen and oxygen atoms in total. The van der Waals surface area contributed by atoms with E-state index in [9.17, 15) is 5.11 Å². The highest BCUT2D eigenvalue weighted by Gasteiger charge is 2.13. The monoisotopic (exact) mass is 483 g/mol. The lowest BCUT2D eigenvalue weighted by Crippen LogP contribution is -2.10. The van der Waals surface area contributed by atoms with Crippen LogP contribution in [0.5, 0.6) is 5.75 Å². The molecule has 0 fully saturated rings. The van der Waals surface area contributed by atoms with Crippen LogP contribution in [0.15, 0.2) is 133 Å². The number of hydrogen-bond donors (Lipinski definition) is 1. The molecule has 1 N–H and O–H groups in total. The second-order valence-corrected chi connectivity index (χ2v) is 8.74. The molecule has 0 spiro atoms. The van der Waals surface area contributed by atoms with Crippen molar-refractivity contribution in [3.63, 3.8) is 0 Å². The van der Waals surface area contributed by atoms with Crippen LogP contribution in [-0.2, 0) is 6.61 Å². The van der Waals surface area contributed by atoms with Crippen LogP contribution in [0.3, 0.4) is 0 Å². The van der Waals surface area contributed by atoms with Crippen molar-refractivity contribution in [2.45, 2.75) is 6.61 Å². The third-order valence-corrected chi connectivity index (χ3v) is 6.34. The van der Waals surface area contributed by atoms with E-state index in [1.54, 1.807) is 7.11 Å². The van der Waals surface area contributed by atoms with E-state index in [0.717, 1.165) is 33.9 Å². The molecule has 5 rings (SSSR count). The van der Waals surface area contributed by atoms with E-state index in [-0.39, 0.29) is 6.61 Å². The molecular formula is C34H29NO2. The number of aliphatic hydroxyl groups excluding tert-OH is 1. The number of rotatable bonds is 8. The van der Waals surface area contributed by atoms with Crippen molar-refractivity contribution < 1.29 is 9.84 Å². The maximum absolute atomic E-state index is 9.49. The molecular weight excluding hydrogens is 454 g/mol. The lowest BCUT2D eigenvalue weighted by atomic mass is 9.95. The van der Waals surface area contributed by atoms with Crippen molar-refractivity contribution in [3.8, 4) is 5.75 Å². The third kappa shape index (κ3) is 5.64. The van der Waals surface area contributed by atoms with Gasteiger partial charge in [-0.2, -0.15) is 0 Å². The van der Waals surface area contributed by atoms with Gasteiger partial charge in [0.05, 0.1) is 13.7 Å². The maximum atomic E-state index is 9.49. The summed E-state index contributed by atoms with van der Waals surface area (Å²) in [5.41, 5.74) is 8.63. The van der Waals surface area contributed by atoms with Gasteiger partial charge in [-0.05, 0) is 82.4 Å². The molecule has 3 heteroatoms. The van der Waals surface area contributed by atoms with Gasteiger partial charge in [0.15, 0.2) is 0 Å². The molecule has 0 aliphatic heterocycles. The molecule has 0 radical (unpaired) electrons. The Balaban J connectivity index is 1.54. The minimum atomic E-state index is 0.0228. The molecule has 0 atom stereocenters. The van der Waals surface area contributed by atoms with Crippen LogP contribution in [0.1, 0.15) is 22.3 Å². The molecule has 0 saturated carbocycles. The van der Waals surface area contributed by atoms with Gasteiger partial charge in [-0.3, -0.25) is 0 Å². The molecule has 0 bridgehead atoms.